The van der Waals surface area contributed by atoms with Gasteiger partial charge in [-0.3, -0.25) is 0 Å². The zero-order valence-electron chi connectivity index (χ0n) is 9.31. The smallest absolute Gasteiger partial charge is 0.119 e. The molecule has 1 aromatic carbocycles. The van der Waals surface area contributed by atoms with Gasteiger partial charge in [0.2, 0.25) is 0 Å². The Morgan fingerprint density at radius 2 is 2.06 bits per heavy atom. The molecule has 0 aliphatic rings. The molecular formula is C12H14N2OS. The number of nitrogens with one attached hydrogen (secondary N) is 1. The van der Waals surface area contributed by atoms with Crippen LogP contribution in [0.15, 0.2) is 35.8 Å². The van der Waals surface area contributed by atoms with Crippen molar-refractivity contribution in [1.29, 1.82) is 0 Å². The maximum atomic E-state index is 5.11. The van der Waals surface area contributed by atoms with Crippen LogP contribution in [0.2, 0.25) is 0 Å². The second-order valence-corrected chi connectivity index (χ2v) is 4.39. The van der Waals surface area contributed by atoms with Crippen molar-refractivity contribution in [2.24, 2.45) is 0 Å². The highest BCUT2D eigenvalue weighted by atomic mass is 32.1. The number of nitrogens with zero attached hydrogens (tertiary/aromatic N) is 1. The highest BCUT2D eigenvalue weighted by Gasteiger charge is 2.07. The molecule has 84 valence electrons. The Labute approximate surface area is 99.1 Å². The quantitative estimate of drug-likeness (QED) is 0.881. The predicted octanol–water partition coefficient (Wildman–Crippen LogP) is 3.32. The van der Waals surface area contributed by atoms with E-state index >= 15 is 0 Å². The molecule has 2 rings (SSSR count). The highest BCUT2D eigenvalue weighted by molar-refractivity contribution is 7.09. The van der Waals surface area contributed by atoms with E-state index in [2.05, 4.69) is 17.2 Å². The van der Waals surface area contributed by atoms with Crippen LogP contribution in [0.1, 0.15) is 18.0 Å². The van der Waals surface area contributed by atoms with Crippen LogP contribution in [-0.2, 0) is 0 Å². The van der Waals surface area contributed by atoms with E-state index in [9.17, 15) is 0 Å². The van der Waals surface area contributed by atoms with Crippen LogP contribution in [0.3, 0.4) is 0 Å². The summed E-state index contributed by atoms with van der Waals surface area (Å²) < 4.78 is 5.11. The van der Waals surface area contributed by atoms with Gasteiger partial charge in [-0.05, 0) is 31.2 Å². The first-order valence-corrected chi connectivity index (χ1v) is 5.97. The van der Waals surface area contributed by atoms with Crippen molar-refractivity contribution in [3.05, 3.63) is 40.8 Å². The number of ether oxygens (including phenoxy) is 1. The fourth-order valence-electron chi connectivity index (χ4n) is 1.45. The molecule has 0 spiro atoms. The molecule has 0 amide bonds. The number of hydrogen-bond acceptors (Lipinski definition) is 4. The average Bonchev–Trinajstić information content (AvgIpc) is 2.83. The van der Waals surface area contributed by atoms with Crippen molar-refractivity contribution in [3.63, 3.8) is 0 Å². The van der Waals surface area contributed by atoms with Crippen LogP contribution >= 0.6 is 11.3 Å². The lowest BCUT2D eigenvalue weighted by molar-refractivity contribution is 0.415. The number of hydrogen-bond donors (Lipinski definition) is 1. The van der Waals surface area contributed by atoms with Gasteiger partial charge in [-0.2, -0.15) is 0 Å². The summed E-state index contributed by atoms with van der Waals surface area (Å²) in [6.07, 6.45) is 1.83. The van der Waals surface area contributed by atoms with Gasteiger partial charge in [0, 0.05) is 17.3 Å². The summed E-state index contributed by atoms with van der Waals surface area (Å²) in [5.74, 6) is 0.868. The first-order valence-electron chi connectivity index (χ1n) is 5.09. The normalized spacial score (nSPS) is 12.1. The maximum absolute atomic E-state index is 5.11. The van der Waals surface area contributed by atoms with E-state index < -0.39 is 0 Å². The van der Waals surface area contributed by atoms with Gasteiger partial charge < -0.3 is 10.1 Å². The Hall–Kier alpha value is -1.55. The predicted molar refractivity (Wildman–Crippen MR) is 67.1 cm³/mol. The van der Waals surface area contributed by atoms with Crippen LogP contribution in [0, 0.1) is 0 Å². The molecule has 0 bridgehead atoms. The molecule has 3 nitrogen and oxygen atoms in total. The zero-order chi connectivity index (χ0) is 11.4. The SMILES string of the molecule is COc1ccc(N[C@@H](C)c2nccs2)cc1. The van der Waals surface area contributed by atoms with Gasteiger partial charge in [0.1, 0.15) is 10.8 Å². The zero-order valence-corrected chi connectivity index (χ0v) is 10.1. The third-order valence-electron chi connectivity index (χ3n) is 2.30. The molecule has 0 fully saturated rings. The topological polar surface area (TPSA) is 34.1 Å². The lowest BCUT2D eigenvalue weighted by Gasteiger charge is -2.12. The summed E-state index contributed by atoms with van der Waals surface area (Å²) in [5, 5.41) is 6.47. The lowest BCUT2D eigenvalue weighted by atomic mass is 10.2. The summed E-state index contributed by atoms with van der Waals surface area (Å²) in [6, 6.07) is 8.12. The highest BCUT2D eigenvalue weighted by Crippen LogP contribution is 2.22. The van der Waals surface area contributed by atoms with Crippen LogP contribution in [0.4, 0.5) is 5.69 Å². The third-order valence-corrected chi connectivity index (χ3v) is 3.25. The number of thiazole rings is 1. The third kappa shape index (κ3) is 2.52. The Kier molecular flexibility index (Phi) is 3.41. The van der Waals surface area contributed by atoms with Crippen LogP contribution in [0.5, 0.6) is 5.75 Å². The summed E-state index contributed by atoms with van der Waals surface area (Å²) >= 11 is 1.66. The van der Waals surface area contributed by atoms with Gasteiger partial charge in [-0.25, -0.2) is 4.98 Å². The van der Waals surface area contributed by atoms with Crippen molar-refractivity contribution < 1.29 is 4.74 Å². The van der Waals surface area contributed by atoms with E-state index in [1.807, 2.05) is 35.8 Å². The van der Waals surface area contributed by atoms with Gasteiger partial charge in [-0.1, -0.05) is 0 Å². The largest absolute Gasteiger partial charge is 0.497 e. The minimum Gasteiger partial charge on any atom is -0.497 e. The molecule has 0 saturated carbocycles. The molecule has 0 radical (unpaired) electrons. The molecule has 1 aromatic heterocycles. The second-order valence-electron chi connectivity index (χ2n) is 3.46. The van der Waals surface area contributed by atoms with E-state index in [-0.39, 0.29) is 6.04 Å². The fourth-order valence-corrected chi connectivity index (χ4v) is 2.09. The first-order chi connectivity index (χ1) is 7.79. The van der Waals surface area contributed by atoms with Crippen LogP contribution in [-0.4, -0.2) is 12.1 Å². The molecule has 0 aliphatic carbocycles. The summed E-state index contributed by atoms with van der Waals surface area (Å²) in [4.78, 5) is 4.28. The first kappa shape index (κ1) is 11.0. The molecule has 0 saturated heterocycles. The molecule has 0 unspecified atom stereocenters. The molecule has 1 atom stereocenters. The Bertz CT molecular complexity index is 425. The number of benzene rings is 1. The summed E-state index contributed by atoms with van der Waals surface area (Å²) in [6.45, 7) is 2.10. The van der Waals surface area contributed by atoms with E-state index in [4.69, 9.17) is 4.74 Å². The van der Waals surface area contributed by atoms with Crippen LogP contribution < -0.4 is 10.1 Å². The van der Waals surface area contributed by atoms with E-state index in [1.165, 1.54) is 0 Å². The second kappa shape index (κ2) is 4.99. The Morgan fingerprint density at radius 3 is 2.62 bits per heavy atom. The molecule has 4 heteroatoms. The monoisotopic (exact) mass is 234 g/mol. The molecular weight excluding hydrogens is 220 g/mol. The van der Waals surface area contributed by atoms with E-state index in [0.717, 1.165) is 16.4 Å². The lowest BCUT2D eigenvalue weighted by Crippen LogP contribution is -2.05. The summed E-state index contributed by atoms with van der Waals surface area (Å²) in [5.41, 5.74) is 1.07. The number of rotatable bonds is 4. The van der Waals surface area contributed by atoms with E-state index in [0.29, 0.717) is 0 Å². The van der Waals surface area contributed by atoms with Crippen molar-refractivity contribution >= 4 is 17.0 Å². The van der Waals surface area contributed by atoms with E-state index in [1.54, 1.807) is 18.4 Å². The molecule has 2 aromatic rings. The number of methoxy groups -OCH3 is 1. The number of aromatic nitrogens is 1. The Morgan fingerprint density at radius 1 is 1.31 bits per heavy atom. The summed E-state index contributed by atoms with van der Waals surface area (Å²) in [7, 11) is 1.67. The van der Waals surface area contributed by atoms with Gasteiger partial charge in [-0.15, -0.1) is 11.3 Å². The van der Waals surface area contributed by atoms with Crippen molar-refractivity contribution in [1.82, 2.24) is 4.98 Å². The number of anilines is 1. The van der Waals surface area contributed by atoms with Gasteiger partial charge in [0.15, 0.2) is 0 Å². The fraction of sp³-hybridized carbons (Fsp3) is 0.250. The standard InChI is InChI=1S/C12H14N2OS/c1-9(12-13-7-8-16-12)14-10-3-5-11(15-2)6-4-10/h3-9,14H,1-2H3/t9-/m0/s1. The molecule has 0 aliphatic heterocycles. The molecule has 16 heavy (non-hydrogen) atoms. The van der Waals surface area contributed by atoms with Gasteiger partial charge in [0.05, 0.1) is 13.2 Å². The van der Waals surface area contributed by atoms with Crippen molar-refractivity contribution in [2.45, 2.75) is 13.0 Å². The Balaban J connectivity index is 2.03. The van der Waals surface area contributed by atoms with Gasteiger partial charge in [0.25, 0.3) is 0 Å². The van der Waals surface area contributed by atoms with Gasteiger partial charge >= 0.3 is 0 Å². The van der Waals surface area contributed by atoms with Crippen molar-refractivity contribution in [3.8, 4) is 5.75 Å². The molecule has 1 heterocycles. The minimum atomic E-state index is 0.230. The van der Waals surface area contributed by atoms with Crippen LogP contribution in [0.25, 0.3) is 0 Å². The molecule has 1 N–H and O–H groups in total. The van der Waals surface area contributed by atoms with Crippen molar-refractivity contribution in [2.75, 3.05) is 12.4 Å². The minimum absolute atomic E-state index is 0.230. The maximum Gasteiger partial charge on any atom is 0.119 e. The average molecular weight is 234 g/mol.